The number of anilines is 1. The molecule has 26 heavy (non-hydrogen) atoms. The molecule has 2 atom stereocenters. The Morgan fingerprint density at radius 2 is 1.92 bits per heavy atom. The van der Waals surface area contributed by atoms with E-state index in [9.17, 15) is 22.4 Å². The molecule has 0 aliphatic carbocycles. The highest BCUT2D eigenvalue weighted by atomic mass is 19.4. The fourth-order valence-electron chi connectivity index (χ4n) is 3.12. The fourth-order valence-corrected chi connectivity index (χ4v) is 3.12. The van der Waals surface area contributed by atoms with Gasteiger partial charge in [-0.05, 0) is 24.1 Å². The Morgan fingerprint density at radius 3 is 2.54 bits per heavy atom. The minimum absolute atomic E-state index is 0.141. The van der Waals surface area contributed by atoms with Crippen LogP contribution < -0.4 is 10.2 Å². The maximum Gasteiger partial charge on any atom is 0.471 e. The molecule has 1 aliphatic rings. The van der Waals surface area contributed by atoms with Crippen LogP contribution in [-0.2, 0) is 4.79 Å². The molecular formula is C17H16F4N4O. The summed E-state index contributed by atoms with van der Waals surface area (Å²) in [5, 5.41) is 2.07. The smallest absolute Gasteiger partial charge is 0.353 e. The van der Waals surface area contributed by atoms with Gasteiger partial charge < -0.3 is 10.2 Å². The summed E-state index contributed by atoms with van der Waals surface area (Å²) in [6, 6.07) is 4.78. The molecule has 1 aromatic carbocycles. The van der Waals surface area contributed by atoms with Crippen molar-refractivity contribution in [2.75, 3.05) is 18.0 Å². The van der Waals surface area contributed by atoms with E-state index in [4.69, 9.17) is 0 Å². The maximum absolute atomic E-state index is 13.2. The van der Waals surface area contributed by atoms with Gasteiger partial charge in [-0.2, -0.15) is 13.2 Å². The molecule has 9 heteroatoms. The third-order valence-corrected chi connectivity index (χ3v) is 4.36. The van der Waals surface area contributed by atoms with Crippen LogP contribution in [-0.4, -0.2) is 41.2 Å². The second-order valence-electron chi connectivity index (χ2n) is 6.03. The average molecular weight is 368 g/mol. The van der Waals surface area contributed by atoms with Gasteiger partial charge in [-0.25, -0.2) is 9.37 Å². The second-order valence-corrected chi connectivity index (χ2v) is 6.03. The van der Waals surface area contributed by atoms with Crippen molar-refractivity contribution in [2.24, 2.45) is 0 Å². The van der Waals surface area contributed by atoms with Crippen molar-refractivity contribution >= 4 is 11.7 Å². The third kappa shape index (κ3) is 4.09. The van der Waals surface area contributed by atoms with Crippen molar-refractivity contribution in [3.63, 3.8) is 0 Å². The summed E-state index contributed by atoms with van der Waals surface area (Å²) in [5.74, 6) is -2.26. The molecule has 0 spiro atoms. The minimum atomic E-state index is -4.97. The van der Waals surface area contributed by atoms with Crippen LogP contribution in [0.4, 0.5) is 23.4 Å². The number of nitrogens with one attached hydrogen (secondary N) is 1. The SMILES string of the molecule is O=C(NC1CN(c2cnccn2)CCC1c1ccc(F)cc1)C(F)(F)F. The number of benzene rings is 1. The van der Waals surface area contributed by atoms with Crippen LogP contribution in [0, 0.1) is 5.82 Å². The number of nitrogens with zero attached hydrogens (tertiary/aromatic N) is 3. The van der Waals surface area contributed by atoms with E-state index >= 15 is 0 Å². The first-order chi connectivity index (χ1) is 12.3. The van der Waals surface area contributed by atoms with E-state index in [-0.39, 0.29) is 12.5 Å². The summed E-state index contributed by atoms with van der Waals surface area (Å²) >= 11 is 0. The standard InChI is InChI=1S/C17H16F4N4O/c18-12-3-1-11(2-4-12)13-5-8-25(15-9-22-6-7-23-15)10-14(13)24-16(26)17(19,20)21/h1-4,6-7,9,13-14H,5,8,10H2,(H,24,26). The molecule has 2 heterocycles. The first-order valence-corrected chi connectivity index (χ1v) is 7.98. The van der Waals surface area contributed by atoms with E-state index < -0.39 is 23.9 Å². The number of piperidine rings is 1. The van der Waals surface area contributed by atoms with E-state index in [1.54, 1.807) is 4.90 Å². The van der Waals surface area contributed by atoms with Gasteiger partial charge in [-0.1, -0.05) is 12.1 Å². The van der Waals surface area contributed by atoms with Crippen molar-refractivity contribution in [1.29, 1.82) is 0 Å². The van der Waals surface area contributed by atoms with Gasteiger partial charge in [0.05, 0.1) is 12.2 Å². The molecule has 1 aromatic heterocycles. The minimum Gasteiger partial charge on any atom is -0.353 e. The number of rotatable bonds is 3. The fraction of sp³-hybridized carbons (Fsp3) is 0.353. The molecule has 0 saturated carbocycles. The number of hydrogen-bond donors (Lipinski definition) is 1. The van der Waals surface area contributed by atoms with Crippen molar-refractivity contribution < 1.29 is 22.4 Å². The van der Waals surface area contributed by atoms with Gasteiger partial charge in [0, 0.05) is 31.4 Å². The molecule has 2 aromatic rings. The number of amides is 1. The summed E-state index contributed by atoms with van der Waals surface area (Å²) in [6.07, 6.45) is 0.0103. The number of alkyl halides is 3. The molecule has 5 nitrogen and oxygen atoms in total. The molecule has 138 valence electrons. The molecule has 1 saturated heterocycles. The molecular weight excluding hydrogens is 352 g/mol. The molecule has 1 amide bonds. The van der Waals surface area contributed by atoms with Crippen LogP contribution in [0.3, 0.4) is 0 Å². The van der Waals surface area contributed by atoms with Gasteiger partial charge >= 0.3 is 12.1 Å². The lowest BCUT2D eigenvalue weighted by atomic mass is 9.85. The molecule has 2 unspecified atom stereocenters. The van der Waals surface area contributed by atoms with E-state index in [2.05, 4.69) is 15.3 Å². The highest BCUT2D eigenvalue weighted by Gasteiger charge is 2.42. The number of aromatic nitrogens is 2. The zero-order chi connectivity index (χ0) is 18.7. The molecule has 0 radical (unpaired) electrons. The van der Waals surface area contributed by atoms with E-state index in [1.165, 1.54) is 42.9 Å². The molecule has 1 N–H and O–H groups in total. The van der Waals surface area contributed by atoms with Gasteiger partial charge in [0.15, 0.2) is 0 Å². The van der Waals surface area contributed by atoms with Crippen molar-refractivity contribution in [3.8, 4) is 0 Å². The predicted molar refractivity (Wildman–Crippen MR) is 86.0 cm³/mol. The number of halogens is 4. The van der Waals surface area contributed by atoms with Crippen LogP contribution in [0.2, 0.25) is 0 Å². The lowest BCUT2D eigenvalue weighted by Gasteiger charge is -2.39. The van der Waals surface area contributed by atoms with Crippen molar-refractivity contribution in [2.45, 2.75) is 24.6 Å². The summed E-state index contributed by atoms with van der Waals surface area (Å²) in [6.45, 7) is 0.668. The van der Waals surface area contributed by atoms with Gasteiger partial charge in [0.2, 0.25) is 0 Å². The first kappa shape index (κ1) is 18.1. The van der Waals surface area contributed by atoms with Gasteiger partial charge in [-0.15, -0.1) is 0 Å². The van der Waals surface area contributed by atoms with Crippen LogP contribution in [0.1, 0.15) is 17.9 Å². The Labute approximate surface area is 147 Å². The largest absolute Gasteiger partial charge is 0.471 e. The highest BCUT2D eigenvalue weighted by molar-refractivity contribution is 5.82. The summed E-state index contributed by atoms with van der Waals surface area (Å²) < 4.78 is 51.3. The van der Waals surface area contributed by atoms with Crippen LogP contribution in [0.15, 0.2) is 42.9 Å². The average Bonchev–Trinajstić information content (AvgIpc) is 2.62. The highest BCUT2D eigenvalue weighted by Crippen LogP contribution is 2.31. The monoisotopic (exact) mass is 368 g/mol. The Hall–Kier alpha value is -2.71. The Kier molecular flexibility index (Phi) is 5.06. The summed E-state index contributed by atoms with van der Waals surface area (Å²) in [5.41, 5.74) is 0.678. The molecule has 0 bridgehead atoms. The van der Waals surface area contributed by atoms with Gasteiger partial charge in [0.25, 0.3) is 0 Å². The van der Waals surface area contributed by atoms with Crippen LogP contribution in [0.5, 0.6) is 0 Å². The van der Waals surface area contributed by atoms with E-state index in [0.29, 0.717) is 24.3 Å². The second kappa shape index (κ2) is 7.27. The molecule has 1 aliphatic heterocycles. The van der Waals surface area contributed by atoms with Gasteiger partial charge in [-0.3, -0.25) is 9.78 Å². The van der Waals surface area contributed by atoms with Crippen molar-refractivity contribution in [3.05, 3.63) is 54.2 Å². The summed E-state index contributed by atoms with van der Waals surface area (Å²) in [7, 11) is 0. The lowest BCUT2D eigenvalue weighted by Crippen LogP contribution is -2.54. The van der Waals surface area contributed by atoms with Gasteiger partial charge in [0.1, 0.15) is 11.6 Å². The number of hydrogen-bond acceptors (Lipinski definition) is 4. The Balaban J connectivity index is 1.84. The predicted octanol–water partition coefficient (Wildman–Crippen LogP) is 2.66. The van der Waals surface area contributed by atoms with E-state index in [1.807, 2.05) is 0 Å². The number of carbonyl (C=O) groups is 1. The third-order valence-electron chi connectivity index (χ3n) is 4.36. The Morgan fingerprint density at radius 1 is 1.19 bits per heavy atom. The number of carbonyl (C=O) groups excluding carboxylic acids is 1. The van der Waals surface area contributed by atoms with Crippen LogP contribution >= 0.6 is 0 Å². The van der Waals surface area contributed by atoms with Crippen molar-refractivity contribution in [1.82, 2.24) is 15.3 Å². The molecule has 3 rings (SSSR count). The lowest BCUT2D eigenvalue weighted by molar-refractivity contribution is -0.174. The zero-order valence-corrected chi connectivity index (χ0v) is 13.6. The molecule has 1 fully saturated rings. The Bertz CT molecular complexity index is 752. The quantitative estimate of drug-likeness (QED) is 0.847. The summed E-state index contributed by atoms with van der Waals surface area (Å²) in [4.78, 5) is 21.3. The topological polar surface area (TPSA) is 58.1 Å². The normalized spacial score (nSPS) is 20.7. The first-order valence-electron chi connectivity index (χ1n) is 7.98. The van der Waals surface area contributed by atoms with Crippen LogP contribution in [0.25, 0.3) is 0 Å². The maximum atomic E-state index is 13.2. The van der Waals surface area contributed by atoms with E-state index in [0.717, 1.165) is 0 Å². The zero-order valence-electron chi connectivity index (χ0n) is 13.6.